The standard InChI is InChI=1S/C32H34O4Si/c1-26-15-19-29(20-16-26)34-24-28(33)25-35-30-21-17-27(18-22-30)10-9-23-36-37(2,31-11-5-3-6-12-31)32-13-7-4-8-14-32/h3-8,11-22H,9-10,23-25H2,1-2H3. The van der Waals surface area contributed by atoms with Gasteiger partial charge in [0.2, 0.25) is 5.78 Å². The minimum atomic E-state index is -2.26. The number of rotatable bonds is 13. The summed E-state index contributed by atoms with van der Waals surface area (Å²) >= 11 is 0. The second-order valence-corrected chi connectivity index (χ2v) is 12.8. The average molecular weight is 511 g/mol. The molecule has 4 nitrogen and oxygen atoms in total. The minimum Gasteiger partial charge on any atom is -0.486 e. The summed E-state index contributed by atoms with van der Waals surface area (Å²) in [4.78, 5) is 12.1. The van der Waals surface area contributed by atoms with Crippen LogP contribution in [0.15, 0.2) is 109 Å². The summed E-state index contributed by atoms with van der Waals surface area (Å²) in [6.45, 7) is 4.96. The van der Waals surface area contributed by atoms with Gasteiger partial charge in [-0.2, -0.15) is 0 Å². The van der Waals surface area contributed by atoms with E-state index in [4.69, 9.17) is 13.9 Å². The maximum Gasteiger partial charge on any atom is 0.252 e. The molecule has 4 aromatic rings. The van der Waals surface area contributed by atoms with Gasteiger partial charge in [-0.05, 0) is 66.5 Å². The Morgan fingerprint density at radius 2 is 1.16 bits per heavy atom. The summed E-state index contributed by atoms with van der Waals surface area (Å²) in [6, 6.07) is 36.7. The third-order valence-electron chi connectivity index (χ3n) is 6.39. The summed E-state index contributed by atoms with van der Waals surface area (Å²) in [5.74, 6) is 1.26. The lowest BCUT2D eigenvalue weighted by Gasteiger charge is -2.28. The van der Waals surface area contributed by atoms with Gasteiger partial charge in [0.05, 0.1) is 0 Å². The predicted molar refractivity (Wildman–Crippen MR) is 152 cm³/mol. The van der Waals surface area contributed by atoms with Gasteiger partial charge in [-0.25, -0.2) is 0 Å². The molecule has 0 saturated heterocycles. The number of Topliss-reactive ketones (excluding diaryl/α,β-unsaturated/α-hetero) is 1. The average Bonchev–Trinajstić information content (AvgIpc) is 2.95. The number of carbonyl (C=O) groups excluding carboxylic acids is 1. The molecule has 190 valence electrons. The first-order chi connectivity index (χ1) is 18.0. The van der Waals surface area contributed by atoms with Crippen LogP contribution in [0.25, 0.3) is 0 Å². The van der Waals surface area contributed by atoms with Gasteiger partial charge < -0.3 is 13.9 Å². The zero-order valence-corrected chi connectivity index (χ0v) is 22.6. The van der Waals surface area contributed by atoms with E-state index in [0.717, 1.165) is 18.4 Å². The lowest BCUT2D eigenvalue weighted by Crippen LogP contribution is -2.58. The van der Waals surface area contributed by atoms with Crippen molar-refractivity contribution in [1.82, 2.24) is 0 Å². The van der Waals surface area contributed by atoms with Crippen molar-refractivity contribution >= 4 is 24.5 Å². The molecule has 0 spiro atoms. The number of ketones is 1. The van der Waals surface area contributed by atoms with E-state index >= 15 is 0 Å². The van der Waals surface area contributed by atoms with Gasteiger partial charge in [-0.3, -0.25) is 4.79 Å². The van der Waals surface area contributed by atoms with Crippen LogP contribution >= 0.6 is 0 Å². The first-order valence-corrected chi connectivity index (χ1v) is 15.1. The monoisotopic (exact) mass is 510 g/mol. The van der Waals surface area contributed by atoms with E-state index in [9.17, 15) is 4.79 Å². The van der Waals surface area contributed by atoms with Crippen LogP contribution in [0.2, 0.25) is 6.55 Å². The lowest BCUT2D eigenvalue weighted by molar-refractivity contribution is -0.123. The molecule has 37 heavy (non-hydrogen) atoms. The van der Waals surface area contributed by atoms with Crippen LogP contribution < -0.4 is 19.8 Å². The maximum atomic E-state index is 12.1. The van der Waals surface area contributed by atoms with Crippen molar-refractivity contribution in [2.75, 3.05) is 19.8 Å². The Balaban J connectivity index is 1.22. The molecular weight excluding hydrogens is 476 g/mol. The highest BCUT2D eigenvalue weighted by Gasteiger charge is 2.33. The van der Waals surface area contributed by atoms with E-state index in [1.807, 2.05) is 67.6 Å². The minimum absolute atomic E-state index is 0.00462. The van der Waals surface area contributed by atoms with Gasteiger partial charge in [0.1, 0.15) is 24.7 Å². The zero-order chi connectivity index (χ0) is 25.9. The lowest BCUT2D eigenvalue weighted by atomic mass is 10.1. The Hall–Kier alpha value is -3.67. The topological polar surface area (TPSA) is 44.8 Å². The van der Waals surface area contributed by atoms with Crippen LogP contribution in [-0.2, 0) is 15.6 Å². The number of ether oxygens (including phenoxy) is 2. The van der Waals surface area contributed by atoms with Crippen LogP contribution in [0, 0.1) is 6.92 Å². The maximum absolute atomic E-state index is 12.1. The molecule has 0 radical (unpaired) electrons. The predicted octanol–water partition coefficient (Wildman–Crippen LogP) is 5.36. The molecule has 0 N–H and O–H groups in total. The quantitative estimate of drug-likeness (QED) is 0.179. The summed E-state index contributed by atoms with van der Waals surface area (Å²) in [6.07, 6.45) is 1.84. The van der Waals surface area contributed by atoms with Crippen LogP contribution in [-0.4, -0.2) is 33.9 Å². The van der Waals surface area contributed by atoms with Crippen LogP contribution in [0.1, 0.15) is 17.5 Å². The summed E-state index contributed by atoms with van der Waals surface area (Å²) in [7, 11) is -2.26. The first-order valence-electron chi connectivity index (χ1n) is 12.7. The van der Waals surface area contributed by atoms with Crippen molar-refractivity contribution in [3.05, 3.63) is 120 Å². The van der Waals surface area contributed by atoms with Gasteiger partial charge >= 0.3 is 0 Å². The summed E-state index contributed by atoms with van der Waals surface area (Å²) < 4.78 is 17.8. The smallest absolute Gasteiger partial charge is 0.252 e. The Bertz CT molecular complexity index is 1200. The highest BCUT2D eigenvalue weighted by atomic mass is 28.4. The first kappa shape index (κ1) is 26.4. The molecule has 4 aromatic carbocycles. The van der Waals surface area contributed by atoms with E-state index in [0.29, 0.717) is 18.1 Å². The normalized spacial score (nSPS) is 11.2. The molecule has 0 fully saturated rings. The van der Waals surface area contributed by atoms with Crippen LogP contribution in [0.3, 0.4) is 0 Å². The molecular formula is C32H34O4Si. The molecule has 0 aliphatic rings. The van der Waals surface area contributed by atoms with Gasteiger partial charge in [-0.1, -0.05) is 90.5 Å². The van der Waals surface area contributed by atoms with E-state index in [2.05, 4.69) is 55.1 Å². The SMILES string of the molecule is Cc1ccc(OCC(=O)COc2ccc(CCCO[Si](C)(c3ccccc3)c3ccccc3)cc2)cc1. The zero-order valence-electron chi connectivity index (χ0n) is 21.6. The van der Waals surface area contributed by atoms with Crippen molar-refractivity contribution in [3.63, 3.8) is 0 Å². The Morgan fingerprint density at radius 3 is 1.68 bits per heavy atom. The largest absolute Gasteiger partial charge is 0.486 e. The van der Waals surface area contributed by atoms with Crippen LogP contribution in [0.5, 0.6) is 11.5 Å². The summed E-state index contributed by atoms with van der Waals surface area (Å²) in [5, 5.41) is 2.56. The molecule has 5 heteroatoms. The van der Waals surface area contributed by atoms with Crippen molar-refractivity contribution in [1.29, 1.82) is 0 Å². The number of carbonyl (C=O) groups is 1. The van der Waals surface area contributed by atoms with Gasteiger partial charge in [0.15, 0.2) is 0 Å². The summed E-state index contributed by atoms with van der Waals surface area (Å²) in [5.41, 5.74) is 2.37. The number of benzene rings is 4. The fourth-order valence-electron chi connectivity index (χ4n) is 4.15. The highest BCUT2D eigenvalue weighted by Crippen LogP contribution is 2.15. The molecule has 0 bridgehead atoms. The van der Waals surface area contributed by atoms with Gasteiger partial charge in [0.25, 0.3) is 8.32 Å². The highest BCUT2D eigenvalue weighted by molar-refractivity contribution is 6.96. The molecule has 0 saturated carbocycles. The van der Waals surface area contributed by atoms with Gasteiger partial charge in [-0.15, -0.1) is 0 Å². The Labute approximate surface area is 221 Å². The van der Waals surface area contributed by atoms with Crippen molar-refractivity contribution in [2.45, 2.75) is 26.3 Å². The molecule has 0 aliphatic heterocycles. The van der Waals surface area contributed by atoms with E-state index in [1.165, 1.54) is 15.9 Å². The van der Waals surface area contributed by atoms with E-state index in [-0.39, 0.29) is 19.0 Å². The fourth-order valence-corrected chi connectivity index (χ4v) is 7.03. The number of aryl methyl sites for hydroxylation is 2. The molecule has 0 unspecified atom stereocenters. The molecule has 0 heterocycles. The second-order valence-electron chi connectivity index (χ2n) is 9.29. The Kier molecular flexibility index (Phi) is 9.30. The third kappa shape index (κ3) is 7.65. The number of hydrogen-bond acceptors (Lipinski definition) is 4. The molecule has 0 atom stereocenters. The fraction of sp³-hybridized carbons (Fsp3) is 0.219. The number of hydrogen-bond donors (Lipinski definition) is 0. The third-order valence-corrected chi connectivity index (χ3v) is 10.0. The van der Waals surface area contributed by atoms with Crippen molar-refractivity contribution < 1.29 is 18.7 Å². The molecule has 0 amide bonds. The van der Waals surface area contributed by atoms with Crippen LogP contribution in [0.4, 0.5) is 0 Å². The van der Waals surface area contributed by atoms with E-state index < -0.39 is 8.32 Å². The van der Waals surface area contributed by atoms with Gasteiger partial charge in [0, 0.05) is 6.61 Å². The molecule has 0 aromatic heterocycles. The van der Waals surface area contributed by atoms with E-state index in [1.54, 1.807) is 0 Å². The molecule has 0 aliphatic carbocycles. The van der Waals surface area contributed by atoms with Crippen molar-refractivity contribution in [2.24, 2.45) is 0 Å². The Morgan fingerprint density at radius 1 is 0.676 bits per heavy atom. The van der Waals surface area contributed by atoms with Crippen molar-refractivity contribution in [3.8, 4) is 11.5 Å². The molecule has 4 rings (SSSR count). The second kappa shape index (κ2) is 13.0.